The lowest BCUT2D eigenvalue weighted by Gasteiger charge is -2.37. The van der Waals surface area contributed by atoms with Gasteiger partial charge in [0, 0.05) is 102 Å². The third-order valence-corrected chi connectivity index (χ3v) is 33.4. The SMILES string of the molecule is Fc1ccc(C2(c3ccc4c(c3)CC4)c3ccccc3-c3ccc(N(c4ccc(-c5ccc(N(c6ccccc6)c6ccc7c(c6)C(c6ccc(F)cc6)(c6ccc8c(c6)CC8)c6cc(N(c8ccccc8)c8ccc(-c9ccc(N(c%10ccc%11c(c%10)C(c%10ccc(F)cc%10)(c%10ccc%12c(c%10)CC%12)c%10ccccc%10-%11)c%10ccc%11c(c%10)oc%10ccccc%10%11)cc9)cc8)ccc6-7)cc5)cc4)c4ccc5c(c4)oc4ccccc45)cc32)cc1. The van der Waals surface area contributed by atoms with E-state index in [0.29, 0.717) is 0 Å². The van der Waals surface area contributed by atoms with Crippen LogP contribution in [0.2, 0.25) is 0 Å². The van der Waals surface area contributed by atoms with Crippen LogP contribution in [-0.4, -0.2) is 0 Å². The lowest BCUT2D eigenvalue weighted by molar-refractivity contribution is 0.624. The number of hydrogen-bond acceptors (Lipinski definition) is 6. The summed E-state index contributed by atoms with van der Waals surface area (Å²) >= 11 is 0. The molecule has 2 heterocycles. The second-order valence-electron chi connectivity index (χ2n) is 41.0. The first-order valence-corrected chi connectivity index (χ1v) is 52.0. The Morgan fingerprint density at radius 2 is 0.393 bits per heavy atom. The van der Waals surface area contributed by atoms with Crippen LogP contribution >= 0.6 is 0 Å². The zero-order valence-corrected chi connectivity index (χ0v) is 81.7. The zero-order chi connectivity index (χ0) is 99.2. The monoisotopic (exact) mass is 1930 g/mol. The molecule has 0 aliphatic heterocycles. The van der Waals surface area contributed by atoms with E-state index < -0.39 is 16.2 Å². The molecule has 6 aliphatic carbocycles. The van der Waals surface area contributed by atoms with Crippen LogP contribution in [0.3, 0.4) is 0 Å². The molecule has 2 atom stereocenters. The maximum atomic E-state index is 16.1. The molecule has 2 unspecified atom stereocenters. The number of benzene rings is 22. The van der Waals surface area contributed by atoms with E-state index in [1.807, 2.05) is 60.7 Å². The molecule has 0 N–H and O–H groups in total. The van der Waals surface area contributed by atoms with Gasteiger partial charge in [0.2, 0.25) is 0 Å². The highest BCUT2D eigenvalue weighted by molar-refractivity contribution is 6.08. The van der Waals surface area contributed by atoms with Gasteiger partial charge in [-0.25, -0.2) is 13.2 Å². The second-order valence-corrected chi connectivity index (χ2v) is 41.0. The number of hydrogen-bond donors (Lipinski definition) is 0. The predicted molar refractivity (Wildman–Crippen MR) is 605 cm³/mol. The summed E-state index contributed by atoms with van der Waals surface area (Å²) in [4.78, 5) is 9.43. The molecule has 6 aliphatic rings. The quantitative estimate of drug-likeness (QED) is 0.0757. The van der Waals surface area contributed by atoms with Crippen molar-refractivity contribution >= 4 is 112 Å². The van der Waals surface area contributed by atoms with E-state index in [-0.39, 0.29) is 17.5 Å². The van der Waals surface area contributed by atoms with Crippen molar-refractivity contribution < 1.29 is 22.0 Å². The number of para-hydroxylation sites is 4. The van der Waals surface area contributed by atoms with Crippen LogP contribution in [0, 0.1) is 17.5 Å². The van der Waals surface area contributed by atoms with Crippen LogP contribution in [0.15, 0.2) is 500 Å². The highest BCUT2D eigenvalue weighted by Crippen LogP contribution is 2.64. The summed E-state index contributed by atoms with van der Waals surface area (Å²) in [6, 6.07) is 175. The topological polar surface area (TPSA) is 39.2 Å². The second kappa shape index (κ2) is 34.0. The van der Waals surface area contributed by atoms with Crippen molar-refractivity contribution in [3.05, 3.63) is 609 Å². The van der Waals surface area contributed by atoms with E-state index in [2.05, 4.69) is 414 Å². The molecule has 24 aromatic rings. The molecule has 9 heteroatoms. The lowest BCUT2D eigenvalue weighted by atomic mass is 9.66. The molecule has 22 aromatic carbocycles. The normalized spacial score (nSPS) is 15.9. The summed E-state index contributed by atoms with van der Waals surface area (Å²) in [6.07, 6.45) is 6.17. The van der Waals surface area contributed by atoms with Gasteiger partial charge in [-0.2, -0.15) is 0 Å². The van der Waals surface area contributed by atoms with Gasteiger partial charge < -0.3 is 28.4 Å². The van der Waals surface area contributed by atoms with Crippen molar-refractivity contribution in [2.45, 2.75) is 54.8 Å². The molecule has 6 nitrogen and oxygen atoms in total. The van der Waals surface area contributed by atoms with Gasteiger partial charge >= 0.3 is 0 Å². The fourth-order valence-electron chi connectivity index (χ4n) is 26.0. The largest absolute Gasteiger partial charge is 0.456 e. The van der Waals surface area contributed by atoms with Gasteiger partial charge in [0.05, 0.1) is 16.2 Å². The number of fused-ring (bicyclic) bond motifs is 18. The molecular formula is C141H93F3N4O2. The Bertz CT molecular complexity index is 9120. The highest BCUT2D eigenvalue weighted by atomic mass is 19.1. The first kappa shape index (κ1) is 86.9. The fourth-order valence-corrected chi connectivity index (χ4v) is 26.0. The van der Waals surface area contributed by atoms with Crippen LogP contribution < -0.4 is 19.6 Å². The summed E-state index contributed by atoms with van der Waals surface area (Å²) in [5.41, 5.74) is 44.8. The van der Waals surface area contributed by atoms with Crippen molar-refractivity contribution in [2.24, 2.45) is 0 Å². The van der Waals surface area contributed by atoms with Crippen molar-refractivity contribution in [3.63, 3.8) is 0 Å². The molecule has 0 radical (unpaired) electrons. The van der Waals surface area contributed by atoms with Crippen LogP contribution in [-0.2, 0) is 54.8 Å². The fraction of sp³-hybridized carbons (Fsp3) is 0.0638. The smallest absolute Gasteiger partial charge is 0.137 e. The van der Waals surface area contributed by atoms with Crippen molar-refractivity contribution in [1.82, 2.24) is 0 Å². The first-order valence-electron chi connectivity index (χ1n) is 52.0. The van der Waals surface area contributed by atoms with Gasteiger partial charge in [-0.15, -0.1) is 0 Å². The third kappa shape index (κ3) is 13.4. The van der Waals surface area contributed by atoms with Gasteiger partial charge in [-0.1, -0.05) is 285 Å². The van der Waals surface area contributed by atoms with E-state index in [1.165, 1.54) is 55.6 Å². The van der Waals surface area contributed by atoms with E-state index >= 15 is 13.2 Å². The molecule has 0 amide bonds. The van der Waals surface area contributed by atoms with E-state index in [9.17, 15) is 0 Å². The van der Waals surface area contributed by atoms with Crippen LogP contribution in [0.5, 0.6) is 0 Å². The third-order valence-electron chi connectivity index (χ3n) is 33.4. The minimum atomic E-state index is -0.954. The predicted octanol–water partition coefficient (Wildman–Crippen LogP) is 36.5. The van der Waals surface area contributed by atoms with Crippen LogP contribution in [0.1, 0.15) is 100 Å². The Morgan fingerprint density at radius 3 is 0.700 bits per heavy atom. The lowest BCUT2D eigenvalue weighted by Crippen LogP contribution is -2.30. The minimum absolute atomic E-state index is 0.272. The van der Waals surface area contributed by atoms with E-state index in [0.717, 1.165) is 251 Å². The number of aryl methyl sites for hydroxylation is 6. The molecule has 150 heavy (non-hydrogen) atoms. The van der Waals surface area contributed by atoms with Crippen molar-refractivity contribution in [2.75, 3.05) is 19.6 Å². The van der Waals surface area contributed by atoms with Crippen LogP contribution in [0.4, 0.5) is 81.4 Å². The molecule has 710 valence electrons. The van der Waals surface area contributed by atoms with Gasteiger partial charge in [0.25, 0.3) is 0 Å². The standard InChI is InChI=1S/C141H93F3N4O2/c142-104-53-47-98(48-54-104)139(101-44-33-92-27-30-95(92)79-101)129-23-11-7-19-119(129)121-73-69-115(84-131(121)139)147(117-71-77-127-125-21-9-13-25-135(125)149-137(127)86-117)111-63-40-90(41-64-111)88-36-59-109(60-37-88)145(107-15-3-1-4-16-107)113-67-75-123-124-76-68-114(83-134(124)141(133(123)82-113,100-51-57-106(144)58-52-100)103-46-35-94-29-32-97(94)81-103)146(108-17-5-2-6-18-108)110-61-38-89(39-62-110)91-42-65-112(66-43-91)148(118-72-78-128-126-22-10-14-26-136(126)150-138(128)87-118)116-70-74-122-120-20-8-12-24-130(120)140(132(122)85-116,99-49-55-105(143)56-50-99)102-45-34-93-28-31-96(93)80-102/h1-26,33-87H,27-32H2. The van der Waals surface area contributed by atoms with Gasteiger partial charge in [-0.05, 0) is 388 Å². The molecule has 2 aromatic heterocycles. The molecule has 0 spiro atoms. The van der Waals surface area contributed by atoms with Gasteiger partial charge in [0.1, 0.15) is 39.8 Å². The Morgan fingerprint density at radius 1 is 0.160 bits per heavy atom. The maximum Gasteiger partial charge on any atom is 0.137 e. The van der Waals surface area contributed by atoms with Gasteiger partial charge in [-0.3, -0.25) is 0 Å². The van der Waals surface area contributed by atoms with Gasteiger partial charge in [0.15, 0.2) is 0 Å². The summed E-state index contributed by atoms with van der Waals surface area (Å²) in [5, 5.41) is 4.22. The molecule has 0 saturated carbocycles. The summed E-state index contributed by atoms with van der Waals surface area (Å²) in [7, 11) is 0. The Labute approximate surface area is 867 Å². The maximum absolute atomic E-state index is 16.1. The number of anilines is 12. The summed E-state index contributed by atoms with van der Waals surface area (Å²) in [6.45, 7) is 0. The zero-order valence-electron chi connectivity index (χ0n) is 81.7. The molecule has 0 saturated heterocycles. The van der Waals surface area contributed by atoms with Crippen LogP contribution in [0.25, 0.3) is 99.5 Å². The van der Waals surface area contributed by atoms with E-state index in [1.54, 1.807) is 36.4 Å². The Kier molecular flexibility index (Phi) is 19.7. The summed E-state index contributed by atoms with van der Waals surface area (Å²) < 4.78 is 60.1. The first-order chi connectivity index (χ1) is 74.0. The molecule has 30 rings (SSSR count). The number of halogens is 3. The average Bonchev–Trinajstić information content (AvgIpc) is 1.53. The summed E-state index contributed by atoms with van der Waals surface area (Å²) in [5.74, 6) is -0.846. The highest BCUT2D eigenvalue weighted by Gasteiger charge is 2.52. The average molecular weight is 1930 g/mol. The van der Waals surface area contributed by atoms with E-state index in [4.69, 9.17) is 8.83 Å². The van der Waals surface area contributed by atoms with Crippen molar-refractivity contribution in [3.8, 4) is 55.6 Å². The number of rotatable bonds is 20. The number of nitrogens with zero attached hydrogens (tertiary/aromatic N) is 4. The Hall–Kier alpha value is -18.6. The molecule has 0 bridgehead atoms. The minimum Gasteiger partial charge on any atom is -0.456 e. The molecular weight excluding hydrogens is 1840 g/mol. The Balaban J connectivity index is 0.506. The number of furan rings is 2. The van der Waals surface area contributed by atoms with Crippen molar-refractivity contribution in [1.29, 1.82) is 0 Å². The molecule has 0 fully saturated rings.